The Hall–Kier alpha value is 0.0700. The van der Waals surface area contributed by atoms with Crippen LogP contribution in [0.25, 0.3) is 0 Å². The highest BCUT2D eigenvalue weighted by molar-refractivity contribution is 7.46. The molecule has 12 heavy (non-hydrogen) atoms. The van der Waals surface area contributed by atoms with E-state index in [1.54, 1.807) is 20.8 Å². The SMILES string of the molecule is CC(O)C(C)(C)COP(=O)(O)O. The normalized spacial score (nSPS) is 16.2. The molecule has 0 bridgehead atoms. The number of rotatable bonds is 4. The average Bonchev–Trinajstić information content (AvgIpc) is 1.82. The number of aliphatic hydroxyl groups excluding tert-OH is 1. The van der Waals surface area contributed by atoms with Crippen molar-refractivity contribution in [2.45, 2.75) is 26.9 Å². The Morgan fingerprint density at radius 3 is 2.17 bits per heavy atom. The minimum absolute atomic E-state index is 0.172. The highest BCUT2D eigenvalue weighted by Crippen LogP contribution is 2.38. The van der Waals surface area contributed by atoms with Gasteiger partial charge in [0.1, 0.15) is 0 Å². The monoisotopic (exact) mass is 198 g/mol. The second kappa shape index (κ2) is 3.85. The zero-order chi connectivity index (χ0) is 9.99. The summed E-state index contributed by atoms with van der Waals surface area (Å²) in [6.07, 6.45) is -0.677. The predicted octanol–water partition coefficient (Wildman–Crippen LogP) is 0.503. The van der Waals surface area contributed by atoms with Crippen LogP contribution in [-0.4, -0.2) is 27.6 Å². The molecular formula is C6H15O5P. The van der Waals surface area contributed by atoms with Gasteiger partial charge < -0.3 is 14.9 Å². The van der Waals surface area contributed by atoms with Crippen LogP contribution in [0.3, 0.4) is 0 Å². The van der Waals surface area contributed by atoms with Crippen LogP contribution in [0.5, 0.6) is 0 Å². The number of phosphoric acid groups is 1. The van der Waals surface area contributed by atoms with Crippen LogP contribution in [0, 0.1) is 5.41 Å². The van der Waals surface area contributed by atoms with E-state index in [4.69, 9.17) is 14.9 Å². The first-order chi connectivity index (χ1) is 5.15. The Morgan fingerprint density at radius 2 is 1.92 bits per heavy atom. The molecule has 0 amide bonds. The maximum Gasteiger partial charge on any atom is 0.469 e. The van der Waals surface area contributed by atoms with E-state index in [1.165, 1.54) is 0 Å². The summed E-state index contributed by atoms with van der Waals surface area (Å²) in [7, 11) is -4.41. The van der Waals surface area contributed by atoms with Gasteiger partial charge in [-0.15, -0.1) is 0 Å². The summed E-state index contributed by atoms with van der Waals surface area (Å²) in [5, 5.41) is 9.14. The molecule has 0 spiro atoms. The average molecular weight is 198 g/mol. The summed E-state index contributed by atoms with van der Waals surface area (Å²) in [6, 6.07) is 0. The quantitative estimate of drug-likeness (QED) is 0.572. The standard InChI is InChI=1S/C6H15O5P/c1-5(7)6(2,3)4-11-12(8,9)10/h5,7H,4H2,1-3H3,(H2,8,9,10). The van der Waals surface area contributed by atoms with Gasteiger partial charge in [-0.25, -0.2) is 4.57 Å². The molecule has 0 saturated heterocycles. The smallest absolute Gasteiger partial charge is 0.393 e. The van der Waals surface area contributed by atoms with Crippen molar-refractivity contribution >= 4 is 7.82 Å². The first-order valence-corrected chi connectivity index (χ1v) is 5.06. The molecule has 0 rings (SSSR count). The lowest BCUT2D eigenvalue weighted by Gasteiger charge is -2.27. The van der Waals surface area contributed by atoms with Gasteiger partial charge in [0.25, 0.3) is 0 Å². The Balaban J connectivity index is 4.01. The van der Waals surface area contributed by atoms with E-state index < -0.39 is 19.3 Å². The number of aliphatic hydroxyl groups is 1. The summed E-state index contributed by atoms with van der Waals surface area (Å²) >= 11 is 0. The van der Waals surface area contributed by atoms with E-state index in [9.17, 15) is 4.57 Å². The van der Waals surface area contributed by atoms with Crippen LogP contribution < -0.4 is 0 Å². The summed E-state index contributed by atoms with van der Waals surface area (Å²) in [4.78, 5) is 16.7. The van der Waals surface area contributed by atoms with Crippen molar-refractivity contribution in [1.82, 2.24) is 0 Å². The summed E-state index contributed by atoms with van der Waals surface area (Å²) in [6.45, 7) is 4.69. The Labute approximate surface area is 71.6 Å². The molecule has 74 valence electrons. The second-order valence-electron chi connectivity index (χ2n) is 3.43. The van der Waals surface area contributed by atoms with Gasteiger partial charge in [-0.05, 0) is 6.92 Å². The third-order valence-electron chi connectivity index (χ3n) is 1.74. The molecule has 1 atom stereocenters. The molecule has 0 aromatic rings. The molecule has 0 aliphatic heterocycles. The second-order valence-corrected chi connectivity index (χ2v) is 4.67. The van der Waals surface area contributed by atoms with E-state index in [0.717, 1.165) is 0 Å². The zero-order valence-electron chi connectivity index (χ0n) is 7.39. The van der Waals surface area contributed by atoms with Gasteiger partial charge in [0, 0.05) is 5.41 Å². The van der Waals surface area contributed by atoms with Crippen LogP contribution in [0.2, 0.25) is 0 Å². The molecule has 0 radical (unpaired) electrons. The maximum absolute atomic E-state index is 10.3. The number of phosphoric ester groups is 1. The molecule has 0 aromatic heterocycles. The molecule has 3 N–H and O–H groups in total. The van der Waals surface area contributed by atoms with Crippen molar-refractivity contribution in [3.05, 3.63) is 0 Å². The Morgan fingerprint density at radius 1 is 1.50 bits per heavy atom. The van der Waals surface area contributed by atoms with Crippen molar-refractivity contribution in [2.75, 3.05) is 6.61 Å². The molecule has 0 aliphatic rings. The zero-order valence-corrected chi connectivity index (χ0v) is 8.28. The fourth-order valence-electron chi connectivity index (χ4n) is 0.371. The lowest BCUT2D eigenvalue weighted by Crippen LogP contribution is -2.31. The van der Waals surface area contributed by atoms with Crippen molar-refractivity contribution in [1.29, 1.82) is 0 Å². The van der Waals surface area contributed by atoms with Gasteiger partial charge >= 0.3 is 7.82 Å². The predicted molar refractivity (Wildman–Crippen MR) is 43.5 cm³/mol. The minimum atomic E-state index is -4.41. The molecule has 1 unspecified atom stereocenters. The minimum Gasteiger partial charge on any atom is -0.393 e. The highest BCUT2D eigenvalue weighted by atomic mass is 31.2. The van der Waals surface area contributed by atoms with Gasteiger partial charge in [-0.3, -0.25) is 4.52 Å². The third-order valence-corrected chi connectivity index (χ3v) is 2.20. The van der Waals surface area contributed by atoms with Crippen LogP contribution in [-0.2, 0) is 9.09 Å². The first-order valence-electron chi connectivity index (χ1n) is 3.53. The van der Waals surface area contributed by atoms with E-state index >= 15 is 0 Å². The highest BCUT2D eigenvalue weighted by Gasteiger charge is 2.28. The van der Waals surface area contributed by atoms with Crippen molar-refractivity contribution in [2.24, 2.45) is 5.41 Å². The van der Waals surface area contributed by atoms with E-state index in [2.05, 4.69) is 4.52 Å². The number of hydrogen-bond donors (Lipinski definition) is 3. The van der Waals surface area contributed by atoms with Gasteiger partial charge in [0.15, 0.2) is 0 Å². The van der Waals surface area contributed by atoms with Crippen LogP contribution in [0.4, 0.5) is 0 Å². The Bertz CT molecular complexity index is 182. The summed E-state index contributed by atoms with van der Waals surface area (Å²) in [5.74, 6) is 0. The van der Waals surface area contributed by atoms with Crippen molar-refractivity contribution in [3.63, 3.8) is 0 Å². The molecule has 0 aliphatic carbocycles. The molecule has 6 heteroatoms. The Kier molecular flexibility index (Phi) is 3.87. The fraction of sp³-hybridized carbons (Fsp3) is 1.00. The van der Waals surface area contributed by atoms with E-state index in [-0.39, 0.29) is 6.61 Å². The number of hydrogen-bond acceptors (Lipinski definition) is 3. The molecule has 5 nitrogen and oxygen atoms in total. The van der Waals surface area contributed by atoms with Crippen LogP contribution in [0.15, 0.2) is 0 Å². The van der Waals surface area contributed by atoms with Gasteiger partial charge in [-0.1, -0.05) is 13.8 Å². The lowest BCUT2D eigenvalue weighted by molar-refractivity contribution is 0.0190. The largest absolute Gasteiger partial charge is 0.469 e. The van der Waals surface area contributed by atoms with Crippen LogP contribution in [0.1, 0.15) is 20.8 Å². The lowest BCUT2D eigenvalue weighted by atomic mass is 9.89. The molecule has 0 saturated carbocycles. The van der Waals surface area contributed by atoms with Gasteiger partial charge in [-0.2, -0.15) is 0 Å². The van der Waals surface area contributed by atoms with E-state index in [0.29, 0.717) is 0 Å². The van der Waals surface area contributed by atoms with E-state index in [1.807, 2.05) is 0 Å². The maximum atomic E-state index is 10.3. The topological polar surface area (TPSA) is 87.0 Å². The molecule has 0 aromatic carbocycles. The molecule has 0 heterocycles. The van der Waals surface area contributed by atoms with Crippen molar-refractivity contribution in [3.8, 4) is 0 Å². The fourth-order valence-corrected chi connectivity index (χ4v) is 0.872. The summed E-state index contributed by atoms with van der Waals surface area (Å²) < 4.78 is 14.6. The first kappa shape index (κ1) is 12.1. The molecular weight excluding hydrogens is 183 g/mol. The molecule has 0 fully saturated rings. The summed E-state index contributed by atoms with van der Waals surface area (Å²) in [5.41, 5.74) is -0.652. The van der Waals surface area contributed by atoms with Crippen molar-refractivity contribution < 1.29 is 24.0 Å². The third kappa shape index (κ3) is 4.85. The van der Waals surface area contributed by atoms with Gasteiger partial charge in [0.05, 0.1) is 12.7 Å². The van der Waals surface area contributed by atoms with Gasteiger partial charge in [0.2, 0.25) is 0 Å². The van der Waals surface area contributed by atoms with Crippen LogP contribution >= 0.6 is 7.82 Å².